The van der Waals surface area contributed by atoms with Crippen molar-refractivity contribution in [2.45, 2.75) is 31.5 Å². The maximum absolute atomic E-state index is 10.0. The Kier molecular flexibility index (Phi) is 5.18. The van der Waals surface area contributed by atoms with Gasteiger partial charge in [0.1, 0.15) is 0 Å². The molecule has 1 aliphatic carbocycles. The molecule has 3 N–H and O–H groups in total. The van der Waals surface area contributed by atoms with Crippen LogP contribution in [0.5, 0.6) is 0 Å². The number of hydrogen-bond donors (Lipinski definition) is 3. The number of nitrogens with one attached hydrogen (secondary N) is 1. The maximum Gasteiger partial charge on any atom is 0.0914 e. The minimum atomic E-state index is -0.478. The first kappa shape index (κ1) is 14.0. The van der Waals surface area contributed by atoms with Crippen LogP contribution in [0, 0.1) is 5.92 Å². The number of hydrogen-bond acceptors (Lipinski definition) is 3. The highest BCUT2D eigenvalue weighted by Crippen LogP contribution is 2.24. The zero-order valence-electron chi connectivity index (χ0n) is 10.3. The summed E-state index contributed by atoms with van der Waals surface area (Å²) in [7, 11) is 0. The average molecular weight is 314 g/mol. The molecule has 3 atom stereocenters. The molecule has 1 aromatic rings. The number of halogens is 1. The molecule has 0 spiro atoms. The predicted octanol–water partition coefficient (Wildman–Crippen LogP) is 2.23. The van der Waals surface area contributed by atoms with Crippen LogP contribution in [-0.4, -0.2) is 29.4 Å². The Morgan fingerprint density at radius 1 is 1.39 bits per heavy atom. The van der Waals surface area contributed by atoms with E-state index in [1.807, 2.05) is 24.3 Å². The molecule has 1 saturated carbocycles. The molecule has 0 aliphatic heterocycles. The highest BCUT2D eigenvalue weighted by atomic mass is 79.9. The molecule has 1 aliphatic rings. The van der Waals surface area contributed by atoms with E-state index in [2.05, 4.69) is 21.2 Å². The van der Waals surface area contributed by atoms with Crippen molar-refractivity contribution in [3.05, 3.63) is 34.3 Å². The van der Waals surface area contributed by atoms with Gasteiger partial charge in [-0.05, 0) is 49.4 Å². The van der Waals surface area contributed by atoms with Crippen molar-refractivity contribution in [1.29, 1.82) is 0 Å². The van der Waals surface area contributed by atoms with Crippen molar-refractivity contribution < 1.29 is 10.2 Å². The summed E-state index contributed by atoms with van der Waals surface area (Å²) in [6.07, 6.45) is 2.29. The lowest BCUT2D eigenvalue weighted by Gasteiger charge is -2.15. The number of benzene rings is 1. The molecule has 3 unspecified atom stereocenters. The first-order valence-corrected chi connectivity index (χ1v) is 7.27. The van der Waals surface area contributed by atoms with Gasteiger partial charge in [0.25, 0.3) is 0 Å². The molecule has 0 amide bonds. The van der Waals surface area contributed by atoms with Gasteiger partial charge in [0, 0.05) is 11.0 Å². The molecule has 1 aromatic carbocycles. The molecule has 18 heavy (non-hydrogen) atoms. The standard InChI is InChI=1S/C14H20BrNO2/c15-12-3-1-2-11(7-12)14(18)9-16-8-10-4-5-13(17)6-10/h1-3,7,10,13-14,16-18H,4-6,8-9H2. The molecule has 1 fully saturated rings. The second-order valence-electron chi connectivity index (χ2n) is 5.06. The van der Waals surface area contributed by atoms with Crippen molar-refractivity contribution in [3.8, 4) is 0 Å². The van der Waals surface area contributed by atoms with Crippen molar-refractivity contribution in [3.63, 3.8) is 0 Å². The van der Waals surface area contributed by atoms with Crippen LogP contribution in [0.1, 0.15) is 30.9 Å². The first-order valence-electron chi connectivity index (χ1n) is 6.47. The summed E-state index contributed by atoms with van der Waals surface area (Å²) in [5, 5.41) is 22.8. The molecular weight excluding hydrogens is 294 g/mol. The molecule has 0 radical (unpaired) electrons. The second-order valence-corrected chi connectivity index (χ2v) is 5.98. The van der Waals surface area contributed by atoms with E-state index in [0.717, 1.165) is 35.8 Å². The highest BCUT2D eigenvalue weighted by Gasteiger charge is 2.22. The Labute approximate surface area is 116 Å². The first-order chi connectivity index (χ1) is 8.65. The fourth-order valence-corrected chi connectivity index (χ4v) is 2.91. The third kappa shape index (κ3) is 4.05. The fourth-order valence-electron chi connectivity index (χ4n) is 2.49. The Hall–Kier alpha value is -0.420. The Morgan fingerprint density at radius 3 is 2.89 bits per heavy atom. The minimum Gasteiger partial charge on any atom is -0.393 e. The summed E-state index contributed by atoms with van der Waals surface area (Å²) in [6, 6.07) is 7.74. The molecular formula is C14H20BrNO2. The topological polar surface area (TPSA) is 52.5 Å². The summed E-state index contributed by atoms with van der Waals surface area (Å²) < 4.78 is 0.984. The van der Waals surface area contributed by atoms with Crippen LogP contribution < -0.4 is 5.32 Å². The van der Waals surface area contributed by atoms with E-state index < -0.39 is 6.10 Å². The Balaban J connectivity index is 1.73. The normalized spacial score (nSPS) is 25.3. The van der Waals surface area contributed by atoms with Crippen molar-refractivity contribution in [2.75, 3.05) is 13.1 Å². The Bertz CT molecular complexity index is 386. The lowest BCUT2D eigenvalue weighted by molar-refractivity contribution is 0.167. The molecule has 0 aromatic heterocycles. The van der Waals surface area contributed by atoms with E-state index in [4.69, 9.17) is 0 Å². The second kappa shape index (κ2) is 6.66. The summed E-state index contributed by atoms with van der Waals surface area (Å²) in [5.74, 6) is 0.551. The van der Waals surface area contributed by atoms with Gasteiger partial charge in [-0.25, -0.2) is 0 Å². The van der Waals surface area contributed by atoms with Gasteiger partial charge in [0.15, 0.2) is 0 Å². The molecule has 100 valence electrons. The van der Waals surface area contributed by atoms with Gasteiger partial charge in [-0.15, -0.1) is 0 Å². The number of rotatable bonds is 5. The van der Waals surface area contributed by atoms with E-state index in [9.17, 15) is 10.2 Å². The van der Waals surface area contributed by atoms with Crippen LogP contribution in [0.2, 0.25) is 0 Å². The van der Waals surface area contributed by atoms with Crippen molar-refractivity contribution >= 4 is 15.9 Å². The van der Waals surface area contributed by atoms with Gasteiger partial charge in [0.2, 0.25) is 0 Å². The minimum absolute atomic E-state index is 0.119. The summed E-state index contributed by atoms with van der Waals surface area (Å²) >= 11 is 3.40. The third-order valence-electron chi connectivity index (χ3n) is 3.52. The van der Waals surface area contributed by atoms with Crippen LogP contribution in [0.15, 0.2) is 28.7 Å². The van der Waals surface area contributed by atoms with Crippen LogP contribution >= 0.6 is 15.9 Å². The van der Waals surface area contributed by atoms with Crippen LogP contribution in [0.25, 0.3) is 0 Å². The van der Waals surface area contributed by atoms with Crippen molar-refractivity contribution in [1.82, 2.24) is 5.32 Å². The predicted molar refractivity (Wildman–Crippen MR) is 75.3 cm³/mol. The monoisotopic (exact) mass is 313 g/mol. The van der Waals surface area contributed by atoms with E-state index in [1.54, 1.807) is 0 Å². The molecule has 0 bridgehead atoms. The average Bonchev–Trinajstić information content (AvgIpc) is 2.75. The highest BCUT2D eigenvalue weighted by molar-refractivity contribution is 9.10. The van der Waals surface area contributed by atoms with Gasteiger partial charge in [-0.2, -0.15) is 0 Å². The van der Waals surface area contributed by atoms with Crippen LogP contribution in [-0.2, 0) is 0 Å². The smallest absolute Gasteiger partial charge is 0.0914 e. The van der Waals surface area contributed by atoms with Gasteiger partial charge >= 0.3 is 0 Å². The summed E-state index contributed by atoms with van der Waals surface area (Å²) in [5.41, 5.74) is 0.920. The van der Waals surface area contributed by atoms with Gasteiger partial charge in [-0.1, -0.05) is 28.1 Å². The van der Waals surface area contributed by atoms with Gasteiger partial charge in [0.05, 0.1) is 12.2 Å². The van der Waals surface area contributed by atoms with Crippen LogP contribution in [0.3, 0.4) is 0 Å². The molecule has 0 saturated heterocycles. The molecule has 4 heteroatoms. The number of aliphatic hydroxyl groups excluding tert-OH is 2. The van der Waals surface area contributed by atoms with E-state index in [1.165, 1.54) is 0 Å². The van der Waals surface area contributed by atoms with Gasteiger partial charge < -0.3 is 15.5 Å². The maximum atomic E-state index is 10.0. The SMILES string of the molecule is OC1CCC(CNCC(O)c2cccc(Br)c2)C1. The summed E-state index contributed by atoms with van der Waals surface area (Å²) in [4.78, 5) is 0. The largest absolute Gasteiger partial charge is 0.393 e. The zero-order valence-corrected chi connectivity index (χ0v) is 11.9. The van der Waals surface area contributed by atoms with Crippen molar-refractivity contribution in [2.24, 2.45) is 5.92 Å². The quantitative estimate of drug-likeness (QED) is 0.781. The molecule has 2 rings (SSSR count). The van der Waals surface area contributed by atoms with E-state index in [0.29, 0.717) is 12.5 Å². The molecule has 3 nitrogen and oxygen atoms in total. The zero-order chi connectivity index (χ0) is 13.0. The fraction of sp³-hybridized carbons (Fsp3) is 0.571. The Morgan fingerprint density at radius 2 is 2.22 bits per heavy atom. The van der Waals surface area contributed by atoms with Crippen LogP contribution in [0.4, 0.5) is 0 Å². The van der Waals surface area contributed by atoms with E-state index in [-0.39, 0.29) is 6.10 Å². The molecule has 0 heterocycles. The van der Waals surface area contributed by atoms with Gasteiger partial charge in [-0.3, -0.25) is 0 Å². The van der Waals surface area contributed by atoms with E-state index >= 15 is 0 Å². The lowest BCUT2D eigenvalue weighted by atomic mass is 10.1. The number of aliphatic hydroxyl groups is 2. The summed E-state index contributed by atoms with van der Waals surface area (Å²) in [6.45, 7) is 1.44. The lowest BCUT2D eigenvalue weighted by Crippen LogP contribution is -2.26. The third-order valence-corrected chi connectivity index (χ3v) is 4.01.